The first kappa shape index (κ1) is 22.1. The maximum atomic E-state index is 10.9. The van der Waals surface area contributed by atoms with E-state index in [0.717, 1.165) is 55.0 Å². The van der Waals surface area contributed by atoms with E-state index in [1.165, 1.54) is 5.57 Å². The van der Waals surface area contributed by atoms with Crippen molar-refractivity contribution < 1.29 is 10.2 Å². The lowest BCUT2D eigenvalue weighted by molar-refractivity contribution is 0.397. The number of hydrogen-bond donors (Lipinski definition) is 2. The van der Waals surface area contributed by atoms with E-state index in [9.17, 15) is 10.2 Å². The Morgan fingerprint density at radius 1 is 1.22 bits per heavy atom. The molecule has 0 radical (unpaired) electrons. The average Bonchev–Trinajstić information content (AvgIpc) is 2.60. The highest BCUT2D eigenvalue weighted by atomic mass is 79.9. The summed E-state index contributed by atoms with van der Waals surface area (Å²) in [6.07, 6.45) is 8.63. The Morgan fingerprint density at radius 3 is 2.37 bits per heavy atom. The molecule has 1 aromatic rings. The number of allylic oxidation sites excluding steroid dienone is 3. The SMILES string of the molecule is C=C(C)C1CCC(CC)=CC1c1c(O)cc(C(C)(C)CCCCBr)cc1O. The van der Waals surface area contributed by atoms with Crippen molar-refractivity contribution in [3.63, 3.8) is 0 Å². The standard InChI is InChI=1S/C24H35BrO2/c1-6-17-9-10-19(16(2)3)20(13-17)23-21(26)14-18(15-22(23)27)24(4,5)11-7-8-12-25/h13-15,19-20,26-27H,2,6-12H2,1,3-5H3. The van der Waals surface area contributed by atoms with Gasteiger partial charge in [-0.15, -0.1) is 0 Å². The van der Waals surface area contributed by atoms with Gasteiger partial charge in [0.1, 0.15) is 11.5 Å². The van der Waals surface area contributed by atoms with Gasteiger partial charge in [-0.3, -0.25) is 0 Å². The molecule has 1 aliphatic carbocycles. The molecule has 0 saturated heterocycles. The Kier molecular flexibility index (Phi) is 7.62. The van der Waals surface area contributed by atoms with Crippen LogP contribution in [0.15, 0.2) is 35.9 Å². The summed E-state index contributed by atoms with van der Waals surface area (Å²) in [5.74, 6) is 0.679. The fraction of sp³-hybridized carbons (Fsp3) is 0.583. The second-order valence-corrected chi connectivity index (χ2v) is 9.45. The van der Waals surface area contributed by atoms with Crippen molar-refractivity contribution in [3.8, 4) is 11.5 Å². The molecular formula is C24H35BrO2. The molecule has 150 valence electrons. The van der Waals surface area contributed by atoms with Gasteiger partial charge in [0, 0.05) is 16.8 Å². The number of hydrogen-bond acceptors (Lipinski definition) is 2. The molecule has 0 heterocycles. The molecule has 0 amide bonds. The van der Waals surface area contributed by atoms with Crippen molar-refractivity contribution in [2.45, 2.75) is 77.6 Å². The van der Waals surface area contributed by atoms with Crippen molar-refractivity contribution in [1.29, 1.82) is 0 Å². The van der Waals surface area contributed by atoms with Crippen molar-refractivity contribution >= 4 is 15.9 Å². The van der Waals surface area contributed by atoms with Crippen LogP contribution in [0.3, 0.4) is 0 Å². The third-order valence-corrected chi connectivity index (χ3v) is 6.71. The molecule has 1 aromatic carbocycles. The van der Waals surface area contributed by atoms with Crippen LogP contribution in [0, 0.1) is 5.92 Å². The van der Waals surface area contributed by atoms with Gasteiger partial charge in [0.05, 0.1) is 0 Å². The predicted molar refractivity (Wildman–Crippen MR) is 119 cm³/mol. The fourth-order valence-electron chi connectivity index (χ4n) is 4.27. The van der Waals surface area contributed by atoms with Gasteiger partial charge in [-0.25, -0.2) is 0 Å². The quantitative estimate of drug-likeness (QED) is 0.255. The largest absolute Gasteiger partial charge is 0.507 e. The maximum Gasteiger partial charge on any atom is 0.123 e. The molecule has 2 unspecified atom stereocenters. The van der Waals surface area contributed by atoms with Crippen LogP contribution in [-0.2, 0) is 5.41 Å². The van der Waals surface area contributed by atoms with Crippen LogP contribution in [0.5, 0.6) is 11.5 Å². The highest BCUT2D eigenvalue weighted by molar-refractivity contribution is 9.09. The first-order chi connectivity index (χ1) is 12.7. The van der Waals surface area contributed by atoms with Crippen LogP contribution < -0.4 is 0 Å². The maximum absolute atomic E-state index is 10.9. The summed E-state index contributed by atoms with van der Waals surface area (Å²) in [6, 6.07) is 3.74. The number of phenolic OH excluding ortho intramolecular Hbond substituents is 2. The highest BCUT2D eigenvalue weighted by Crippen LogP contribution is 2.48. The number of benzene rings is 1. The second-order valence-electron chi connectivity index (χ2n) is 8.65. The number of halogens is 1. The molecule has 3 heteroatoms. The first-order valence-corrected chi connectivity index (χ1v) is 11.3. The molecule has 27 heavy (non-hydrogen) atoms. The van der Waals surface area contributed by atoms with Gasteiger partial charge in [0.25, 0.3) is 0 Å². The smallest absolute Gasteiger partial charge is 0.123 e. The summed E-state index contributed by atoms with van der Waals surface area (Å²) in [6.45, 7) is 12.8. The van der Waals surface area contributed by atoms with Gasteiger partial charge in [-0.05, 0) is 68.1 Å². The summed E-state index contributed by atoms with van der Waals surface area (Å²) in [7, 11) is 0. The van der Waals surface area contributed by atoms with Gasteiger partial charge >= 0.3 is 0 Å². The van der Waals surface area contributed by atoms with Gasteiger partial charge in [0.2, 0.25) is 0 Å². The molecule has 0 aromatic heterocycles. The molecule has 0 saturated carbocycles. The summed E-state index contributed by atoms with van der Waals surface area (Å²) in [5, 5.41) is 22.8. The van der Waals surface area contributed by atoms with E-state index in [4.69, 9.17) is 0 Å². The summed E-state index contributed by atoms with van der Waals surface area (Å²) < 4.78 is 0. The van der Waals surface area contributed by atoms with Crippen molar-refractivity contribution in [3.05, 3.63) is 47.1 Å². The minimum atomic E-state index is -0.0829. The Balaban J connectivity index is 2.42. The first-order valence-electron chi connectivity index (χ1n) is 10.2. The zero-order valence-corrected chi connectivity index (χ0v) is 18.9. The molecule has 2 rings (SSSR count). The van der Waals surface area contributed by atoms with Crippen molar-refractivity contribution in [1.82, 2.24) is 0 Å². The number of aromatic hydroxyl groups is 2. The van der Waals surface area contributed by atoms with Crippen molar-refractivity contribution in [2.24, 2.45) is 5.92 Å². The molecular weight excluding hydrogens is 400 g/mol. The van der Waals surface area contributed by atoms with Gasteiger partial charge < -0.3 is 10.2 Å². The van der Waals surface area contributed by atoms with Crippen molar-refractivity contribution in [2.75, 3.05) is 5.33 Å². The number of unbranched alkanes of at least 4 members (excludes halogenated alkanes) is 1. The van der Waals surface area contributed by atoms with E-state index in [2.05, 4.69) is 56.3 Å². The van der Waals surface area contributed by atoms with E-state index in [1.54, 1.807) is 0 Å². The Bertz CT molecular complexity index is 679. The molecule has 0 bridgehead atoms. The average molecular weight is 435 g/mol. The second kappa shape index (κ2) is 9.32. The molecule has 0 spiro atoms. The zero-order chi connectivity index (χ0) is 20.2. The Hall–Kier alpha value is -1.22. The number of phenols is 2. The minimum absolute atomic E-state index is 0.00300. The summed E-state index contributed by atoms with van der Waals surface area (Å²) >= 11 is 3.49. The van der Waals surface area contributed by atoms with Crippen LogP contribution in [0.25, 0.3) is 0 Å². The predicted octanol–water partition coefficient (Wildman–Crippen LogP) is 7.35. The third kappa shape index (κ3) is 5.19. The van der Waals surface area contributed by atoms with Crippen LogP contribution in [0.1, 0.15) is 83.3 Å². The molecule has 2 atom stereocenters. The molecule has 2 nitrogen and oxygen atoms in total. The van der Waals surface area contributed by atoms with E-state index in [1.807, 2.05) is 12.1 Å². The summed E-state index contributed by atoms with van der Waals surface area (Å²) in [5.41, 5.74) is 4.09. The van der Waals surface area contributed by atoms with E-state index >= 15 is 0 Å². The molecule has 0 fully saturated rings. The molecule has 2 N–H and O–H groups in total. The van der Waals surface area contributed by atoms with E-state index < -0.39 is 0 Å². The normalized spacial score (nSPS) is 20.4. The lowest BCUT2D eigenvalue weighted by Gasteiger charge is -2.33. The van der Waals surface area contributed by atoms with Crippen LogP contribution in [0.2, 0.25) is 0 Å². The number of rotatable bonds is 8. The van der Waals surface area contributed by atoms with Crippen LogP contribution in [0.4, 0.5) is 0 Å². The number of alkyl halides is 1. The monoisotopic (exact) mass is 434 g/mol. The summed E-state index contributed by atoms with van der Waals surface area (Å²) in [4.78, 5) is 0. The van der Waals surface area contributed by atoms with Gasteiger partial charge in [0.15, 0.2) is 0 Å². The lowest BCUT2D eigenvalue weighted by atomic mass is 9.72. The fourth-order valence-corrected chi connectivity index (χ4v) is 4.66. The minimum Gasteiger partial charge on any atom is -0.507 e. The highest BCUT2D eigenvalue weighted by Gasteiger charge is 2.32. The Labute approximate surface area is 173 Å². The zero-order valence-electron chi connectivity index (χ0n) is 17.3. The third-order valence-electron chi connectivity index (χ3n) is 6.15. The lowest BCUT2D eigenvalue weighted by Crippen LogP contribution is -2.19. The molecule has 1 aliphatic rings. The van der Waals surface area contributed by atoms with Gasteiger partial charge in [-0.2, -0.15) is 0 Å². The van der Waals surface area contributed by atoms with Crippen LogP contribution >= 0.6 is 15.9 Å². The molecule has 0 aliphatic heterocycles. The topological polar surface area (TPSA) is 40.5 Å². The van der Waals surface area contributed by atoms with E-state index in [-0.39, 0.29) is 28.7 Å². The van der Waals surface area contributed by atoms with Gasteiger partial charge in [-0.1, -0.05) is 66.9 Å². The van der Waals surface area contributed by atoms with E-state index in [0.29, 0.717) is 5.56 Å². The van der Waals surface area contributed by atoms with Crippen LogP contribution in [-0.4, -0.2) is 15.5 Å². The Morgan fingerprint density at radius 2 is 1.85 bits per heavy atom.